The molecule has 2 rings (SSSR count). The maximum Gasteiger partial charge on any atom is 0.136 e. The van der Waals surface area contributed by atoms with Crippen LogP contribution in [0.15, 0.2) is 12.4 Å². The summed E-state index contributed by atoms with van der Waals surface area (Å²) < 4.78 is 0. The van der Waals surface area contributed by atoms with Gasteiger partial charge in [0, 0.05) is 39.0 Å². The smallest absolute Gasteiger partial charge is 0.136 e. The maximum atomic E-state index is 11.1. The summed E-state index contributed by atoms with van der Waals surface area (Å²) in [7, 11) is 1.83. The summed E-state index contributed by atoms with van der Waals surface area (Å²) in [5.74, 6) is 2.04. The molecule has 0 aliphatic carbocycles. The number of hydrogen-bond acceptors (Lipinski definition) is 5. The fourth-order valence-electron chi connectivity index (χ4n) is 1.64. The highest BCUT2D eigenvalue weighted by Gasteiger charge is 2.17. The van der Waals surface area contributed by atoms with E-state index in [1.165, 1.54) is 6.33 Å². The lowest BCUT2D eigenvalue weighted by Gasteiger charge is -2.26. The summed E-state index contributed by atoms with van der Waals surface area (Å²) in [6.07, 6.45) is 2.79. The Morgan fingerprint density at radius 1 is 1.33 bits per heavy atom. The molecule has 1 aromatic heterocycles. The van der Waals surface area contributed by atoms with Gasteiger partial charge in [0.15, 0.2) is 0 Å². The number of carbonyl (C=O) groups excluding carboxylic acids is 1. The molecule has 2 heterocycles. The highest BCUT2D eigenvalue weighted by molar-refractivity contribution is 5.80. The third-order valence-corrected chi connectivity index (χ3v) is 2.55. The van der Waals surface area contributed by atoms with E-state index in [0.29, 0.717) is 18.6 Å². The number of nitrogens with one attached hydrogen (secondary N) is 1. The van der Waals surface area contributed by atoms with Gasteiger partial charge in [-0.3, -0.25) is 4.79 Å². The number of anilines is 2. The Morgan fingerprint density at radius 3 is 2.73 bits per heavy atom. The minimum atomic E-state index is 0.342. The summed E-state index contributed by atoms with van der Waals surface area (Å²) in [6.45, 7) is 1.53. The third-order valence-electron chi connectivity index (χ3n) is 2.55. The molecule has 1 aliphatic heterocycles. The van der Waals surface area contributed by atoms with Crippen LogP contribution in [0.2, 0.25) is 0 Å². The van der Waals surface area contributed by atoms with E-state index in [4.69, 9.17) is 0 Å². The van der Waals surface area contributed by atoms with Crippen LogP contribution >= 0.6 is 0 Å². The van der Waals surface area contributed by atoms with E-state index >= 15 is 0 Å². The van der Waals surface area contributed by atoms with Gasteiger partial charge < -0.3 is 10.2 Å². The number of rotatable bonds is 2. The lowest BCUT2D eigenvalue weighted by atomic mass is 10.1. The molecule has 0 bridgehead atoms. The van der Waals surface area contributed by atoms with Crippen LogP contribution in [0.1, 0.15) is 12.8 Å². The second-order valence-electron chi connectivity index (χ2n) is 3.54. The van der Waals surface area contributed by atoms with E-state index in [2.05, 4.69) is 20.2 Å². The minimum absolute atomic E-state index is 0.342. The number of nitrogens with zero attached hydrogens (tertiary/aromatic N) is 3. The fraction of sp³-hybridized carbons (Fsp3) is 0.500. The Hall–Kier alpha value is -1.65. The van der Waals surface area contributed by atoms with Gasteiger partial charge in [-0.25, -0.2) is 9.97 Å². The van der Waals surface area contributed by atoms with Crippen LogP contribution in [-0.4, -0.2) is 35.9 Å². The zero-order chi connectivity index (χ0) is 10.7. The average Bonchev–Trinajstić information content (AvgIpc) is 2.30. The van der Waals surface area contributed by atoms with Crippen molar-refractivity contribution < 1.29 is 4.79 Å². The molecule has 0 radical (unpaired) electrons. The average molecular weight is 206 g/mol. The Bertz CT molecular complexity index is 356. The molecule has 1 N–H and O–H groups in total. The predicted octanol–water partition coefficient (Wildman–Crippen LogP) is 0.688. The Labute approximate surface area is 88.5 Å². The number of ketones is 1. The van der Waals surface area contributed by atoms with Crippen molar-refractivity contribution in [2.45, 2.75) is 12.8 Å². The van der Waals surface area contributed by atoms with Crippen LogP contribution in [-0.2, 0) is 4.79 Å². The maximum absolute atomic E-state index is 11.1. The van der Waals surface area contributed by atoms with Crippen molar-refractivity contribution in [1.29, 1.82) is 0 Å². The number of piperidine rings is 1. The van der Waals surface area contributed by atoms with Gasteiger partial charge in [0.2, 0.25) is 0 Å². The van der Waals surface area contributed by atoms with Crippen molar-refractivity contribution in [2.75, 3.05) is 30.4 Å². The predicted molar refractivity (Wildman–Crippen MR) is 58.0 cm³/mol. The van der Waals surface area contributed by atoms with Gasteiger partial charge in [0.1, 0.15) is 23.7 Å². The summed E-state index contributed by atoms with van der Waals surface area (Å²) in [5.41, 5.74) is 0. The molecule has 80 valence electrons. The van der Waals surface area contributed by atoms with Gasteiger partial charge in [-0.2, -0.15) is 0 Å². The van der Waals surface area contributed by atoms with Crippen LogP contribution in [0.5, 0.6) is 0 Å². The van der Waals surface area contributed by atoms with Gasteiger partial charge in [-0.15, -0.1) is 0 Å². The molecular formula is C10H14N4O. The van der Waals surface area contributed by atoms with Crippen LogP contribution in [0, 0.1) is 0 Å². The number of Topliss-reactive ketones (excluding diaryl/α,β-unsaturated/α-hetero) is 1. The van der Waals surface area contributed by atoms with Crippen LogP contribution in [0.25, 0.3) is 0 Å². The van der Waals surface area contributed by atoms with Crippen molar-refractivity contribution in [3.63, 3.8) is 0 Å². The molecule has 0 amide bonds. The van der Waals surface area contributed by atoms with E-state index in [0.717, 1.165) is 24.7 Å². The molecule has 1 fully saturated rings. The van der Waals surface area contributed by atoms with Gasteiger partial charge in [-0.05, 0) is 0 Å². The number of carbonyl (C=O) groups is 1. The zero-order valence-corrected chi connectivity index (χ0v) is 8.73. The van der Waals surface area contributed by atoms with E-state index in [9.17, 15) is 4.79 Å². The van der Waals surface area contributed by atoms with Gasteiger partial charge in [0.25, 0.3) is 0 Å². The van der Waals surface area contributed by atoms with Crippen molar-refractivity contribution >= 4 is 17.4 Å². The summed E-state index contributed by atoms with van der Waals surface area (Å²) in [5, 5.41) is 2.97. The third kappa shape index (κ3) is 2.23. The standard InChI is InChI=1S/C10H14N4O/c1-11-9-6-10(13-7-12-9)14-4-2-8(15)3-5-14/h6-7H,2-5H2,1H3,(H,11,12,13). The molecule has 15 heavy (non-hydrogen) atoms. The molecule has 5 heteroatoms. The van der Waals surface area contributed by atoms with E-state index in [1.54, 1.807) is 0 Å². The van der Waals surface area contributed by atoms with Gasteiger partial charge >= 0.3 is 0 Å². The fourth-order valence-corrected chi connectivity index (χ4v) is 1.64. The van der Waals surface area contributed by atoms with E-state index < -0.39 is 0 Å². The normalized spacial score (nSPS) is 16.6. The second kappa shape index (κ2) is 4.25. The lowest BCUT2D eigenvalue weighted by Crippen LogP contribution is -2.34. The van der Waals surface area contributed by atoms with Crippen LogP contribution in [0.3, 0.4) is 0 Å². The molecule has 1 aromatic rings. The molecule has 0 saturated carbocycles. The molecular weight excluding hydrogens is 192 g/mol. The van der Waals surface area contributed by atoms with Crippen LogP contribution < -0.4 is 10.2 Å². The van der Waals surface area contributed by atoms with Crippen molar-refractivity contribution in [2.24, 2.45) is 0 Å². The molecule has 1 aliphatic rings. The van der Waals surface area contributed by atoms with Crippen molar-refractivity contribution in [3.8, 4) is 0 Å². The molecule has 1 saturated heterocycles. The van der Waals surface area contributed by atoms with E-state index in [-0.39, 0.29) is 0 Å². The molecule has 0 spiro atoms. The SMILES string of the molecule is CNc1cc(N2CCC(=O)CC2)ncn1. The Balaban J connectivity index is 2.11. The molecule has 5 nitrogen and oxygen atoms in total. The molecule has 0 aromatic carbocycles. The Kier molecular flexibility index (Phi) is 2.80. The van der Waals surface area contributed by atoms with Gasteiger partial charge in [0.05, 0.1) is 0 Å². The molecule has 0 unspecified atom stereocenters. The Morgan fingerprint density at radius 2 is 2.07 bits per heavy atom. The second-order valence-corrected chi connectivity index (χ2v) is 3.54. The minimum Gasteiger partial charge on any atom is -0.373 e. The topological polar surface area (TPSA) is 58.1 Å². The van der Waals surface area contributed by atoms with Gasteiger partial charge in [-0.1, -0.05) is 0 Å². The monoisotopic (exact) mass is 206 g/mol. The highest BCUT2D eigenvalue weighted by atomic mass is 16.1. The van der Waals surface area contributed by atoms with Crippen molar-refractivity contribution in [1.82, 2.24) is 9.97 Å². The first-order chi connectivity index (χ1) is 7.29. The highest BCUT2D eigenvalue weighted by Crippen LogP contribution is 2.17. The van der Waals surface area contributed by atoms with Crippen molar-refractivity contribution in [3.05, 3.63) is 12.4 Å². The van der Waals surface area contributed by atoms with Crippen LogP contribution in [0.4, 0.5) is 11.6 Å². The largest absolute Gasteiger partial charge is 0.373 e. The number of aromatic nitrogens is 2. The zero-order valence-electron chi connectivity index (χ0n) is 8.73. The quantitative estimate of drug-likeness (QED) is 0.771. The summed E-state index contributed by atoms with van der Waals surface area (Å²) in [4.78, 5) is 21.5. The number of hydrogen-bond donors (Lipinski definition) is 1. The summed E-state index contributed by atoms with van der Waals surface area (Å²) in [6, 6.07) is 1.90. The molecule has 0 atom stereocenters. The summed E-state index contributed by atoms with van der Waals surface area (Å²) >= 11 is 0. The lowest BCUT2D eigenvalue weighted by molar-refractivity contribution is -0.119. The first-order valence-corrected chi connectivity index (χ1v) is 5.06. The van der Waals surface area contributed by atoms with E-state index in [1.807, 2.05) is 13.1 Å². The first-order valence-electron chi connectivity index (χ1n) is 5.06. The first kappa shape index (κ1) is 9.89.